The van der Waals surface area contributed by atoms with Crippen LogP contribution in [-0.4, -0.2) is 16.0 Å². The number of hydrogen-bond donors (Lipinski definition) is 3. The van der Waals surface area contributed by atoms with Crippen molar-refractivity contribution in [3.05, 3.63) is 83.1 Å². The molecule has 0 spiro atoms. The van der Waals surface area contributed by atoms with Crippen LogP contribution in [0.3, 0.4) is 0 Å². The third kappa shape index (κ3) is 3.92. The van der Waals surface area contributed by atoms with Crippen molar-refractivity contribution in [3.63, 3.8) is 0 Å². The molecular formula is C22H23N3O3. The van der Waals surface area contributed by atoms with Gasteiger partial charge in [0.05, 0.1) is 12.1 Å². The minimum Gasteiger partial charge on any atom is -0.508 e. The van der Waals surface area contributed by atoms with Gasteiger partial charge in [0.15, 0.2) is 5.69 Å². The lowest BCUT2D eigenvalue weighted by Gasteiger charge is -2.25. The van der Waals surface area contributed by atoms with E-state index in [-0.39, 0.29) is 23.4 Å². The first-order chi connectivity index (χ1) is 13.6. The first-order valence-corrected chi connectivity index (χ1v) is 9.48. The SMILES string of the molecule is NC(Cc1ccc(O)cc1)c1nc(C(=O)NC2CCCc3ccccc32)co1. The molecule has 1 aliphatic carbocycles. The smallest absolute Gasteiger partial charge is 0.273 e. The summed E-state index contributed by atoms with van der Waals surface area (Å²) < 4.78 is 5.46. The highest BCUT2D eigenvalue weighted by atomic mass is 16.3. The number of aromatic nitrogens is 1. The molecule has 2 aromatic carbocycles. The van der Waals surface area contributed by atoms with Crippen molar-refractivity contribution in [3.8, 4) is 5.75 Å². The van der Waals surface area contributed by atoms with Crippen molar-refractivity contribution in [2.24, 2.45) is 5.73 Å². The summed E-state index contributed by atoms with van der Waals surface area (Å²) in [7, 11) is 0. The predicted octanol–water partition coefficient (Wildman–Crippen LogP) is 3.43. The minimum atomic E-state index is -0.471. The number of nitrogens with one attached hydrogen (secondary N) is 1. The fourth-order valence-corrected chi connectivity index (χ4v) is 3.67. The van der Waals surface area contributed by atoms with Gasteiger partial charge in [0, 0.05) is 0 Å². The van der Waals surface area contributed by atoms with Crippen molar-refractivity contribution >= 4 is 5.91 Å². The van der Waals surface area contributed by atoms with E-state index in [9.17, 15) is 9.90 Å². The summed E-state index contributed by atoms with van der Waals surface area (Å²) in [6.45, 7) is 0. The Bertz CT molecular complexity index is 965. The number of fused-ring (bicyclic) bond motifs is 1. The van der Waals surface area contributed by atoms with Crippen LogP contribution in [0.25, 0.3) is 0 Å². The van der Waals surface area contributed by atoms with Crippen molar-refractivity contribution in [2.45, 2.75) is 37.8 Å². The highest BCUT2D eigenvalue weighted by Crippen LogP contribution is 2.29. The maximum absolute atomic E-state index is 12.7. The number of nitrogens with zero attached hydrogens (tertiary/aromatic N) is 1. The number of benzene rings is 2. The molecule has 0 bridgehead atoms. The van der Waals surface area contributed by atoms with Crippen LogP contribution in [0.1, 0.15) is 58.0 Å². The van der Waals surface area contributed by atoms with Gasteiger partial charge in [0.2, 0.25) is 5.89 Å². The third-order valence-corrected chi connectivity index (χ3v) is 5.14. The summed E-state index contributed by atoms with van der Waals surface area (Å²) in [6, 6.07) is 14.5. The largest absolute Gasteiger partial charge is 0.508 e. The number of rotatable bonds is 5. The maximum Gasteiger partial charge on any atom is 0.273 e. The minimum absolute atomic E-state index is 0.0109. The van der Waals surface area contributed by atoms with Crippen LogP contribution >= 0.6 is 0 Å². The van der Waals surface area contributed by atoms with Crippen molar-refractivity contribution < 1.29 is 14.3 Å². The lowest BCUT2D eigenvalue weighted by atomic mass is 9.88. The fourth-order valence-electron chi connectivity index (χ4n) is 3.67. The number of nitrogens with two attached hydrogens (primary N) is 1. The van der Waals surface area contributed by atoms with Gasteiger partial charge in [-0.05, 0) is 54.5 Å². The number of oxazole rings is 1. The molecule has 3 aromatic rings. The molecule has 0 aliphatic heterocycles. The molecule has 4 rings (SSSR count). The Morgan fingerprint density at radius 3 is 2.86 bits per heavy atom. The normalized spacial score (nSPS) is 17.0. The number of phenols is 1. The van der Waals surface area contributed by atoms with Crippen molar-refractivity contribution in [2.75, 3.05) is 0 Å². The zero-order chi connectivity index (χ0) is 19.5. The molecule has 0 saturated carbocycles. The number of phenolic OH excluding ortho intramolecular Hbond substituents is 1. The monoisotopic (exact) mass is 377 g/mol. The van der Waals surface area contributed by atoms with Gasteiger partial charge < -0.3 is 20.6 Å². The number of aryl methyl sites for hydroxylation is 1. The quantitative estimate of drug-likeness (QED) is 0.632. The van der Waals surface area contributed by atoms with Crippen LogP contribution in [0, 0.1) is 0 Å². The van der Waals surface area contributed by atoms with Gasteiger partial charge in [-0.2, -0.15) is 0 Å². The second-order valence-corrected chi connectivity index (χ2v) is 7.17. The lowest BCUT2D eigenvalue weighted by Crippen LogP contribution is -2.31. The van der Waals surface area contributed by atoms with Gasteiger partial charge in [-0.1, -0.05) is 36.4 Å². The average molecular weight is 377 g/mol. The standard InChI is InChI=1S/C22H23N3O3/c23-18(12-14-8-10-16(26)11-9-14)22-25-20(13-28-22)21(27)24-19-7-3-5-15-4-1-2-6-17(15)19/h1-2,4,6,8-11,13,18-19,26H,3,5,7,12,23H2,(H,24,27). The van der Waals surface area contributed by atoms with E-state index in [0.29, 0.717) is 12.3 Å². The Labute approximate surface area is 163 Å². The first kappa shape index (κ1) is 18.3. The second kappa shape index (κ2) is 7.86. The number of hydrogen-bond acceptors (Lipinski definition) is 5. The van der Waals surface area contributed by atoms with Gasteiger partial charge in [-0.15, -0.1) is 0 Å². The molecule has 1 heterocycles. The Morgan fingerprint density at radius 1 is 1.25 bits per heavy atom. The van der Waals surface area contributed by atoms with Crippen molar-refractivity contribution in [1.29, 1.82) is 0 Å². The van der Waals surface area contributed by atoms with Gasteiger partial charge in [-0.3, -0.25) is 4.79 Å². The Morgan fingerprint density at radius 2 is 2.04 bits per heavy atom. The molecule has 4 N–H and O–H groups in total. The second-order valence-electron chi connectivity index (χ2n) is 7.17. The van der Waals surface area contributed by atoms with Gasteiger partial charge in [-0.25, -0.2) is 4.98 Å². The highest BCUT2D eigenvalue weighted by molar-refractivity contribution is 5.92. The Balaban J connectivity index is 1.42. The molecular weight excluding hydrogens is 354 g/mol. The summed E-state index contributed by atoms with van der Waals surface area (Å²) >= 11 is 0. The van der Waals surface area contributed by atoms with Gasteiger partial charge >= 0.3 is 0 Å². The molecule has 1 aromatic heterocycles. The van der Waals surface area contributed by atoms with Crippen LogP contribution in [-0.2, 0) is 12.8 Å². The molecule has 1 amide bonds. The van der Waals surface area contributed by atoms with Gasteiger partial charge in [0.25, 0.3) is 5.91 Å². The van der Waals surface area contributed by atoms with Crippen molar-refractivity contribution in [1.82, 2.24) is 10.3 Å². The average Bonchev–Trinajstić information content (AvgIpc) is 3.21. The first-order valence-electron chi connectivity index (χ1n) is 9.48. The van der Waals surface area contributed by atoms with Crippen LogP contribution < -0.4 is 11.1 Å². The molecule has 144 valence electrons. The molecule has 0 radical (unpaired) electrons. The number of carbonyl (C=O) groups is 1. The summed E-state index contributed by atoms with van der Waals surface area (Å²) in [6.07, 6.45) is 4.86. The van der Waals surface area contributed by atoms with E-state index in [1.807, 2.05) is 12.1 Å². The van der Waals surface area contributed by atoms with Crippen LogP contribution in [0.2, 0.25) is 0 Å². The topological polar surface area (TPSA) is 101 Å². The summed E-state index contributed by atoms with van der Waals surface area (Å²) in [5, 5.41) is 12.4. The maximum atomic E-state index is 12.7. The van der Waals surface area contributed by atoms with E-state index in [2.05, 4.69) is 22.4 Å². The van der Waals surface area contributed by atoms with E-state index in [4.69, 9.17) is 10.2 Å². The predicted molar refractivity (Wildman–Crippen MR) is 105 cm³/mol. The summed E-state index contributed by atoms with van der Waals surface area (Å²) in [4.78, 5) is 16.9. The fraction of sp³-hybridized carbons (Fsp3) is 0.273. The number of carbonyl (C=O) groups excluding carboxylic acids is 1. The molecule has 6 heteroatoms. The molecule has 0 saturated heterocycles. The molecule has 6 nitrogen and oxygen atoms in total. The van der Waals surface area contributed by atoms with E-state index in [0.717, 1.165) is 24.8 Å². The Kier molecular flexibility index (Phi) is 5.12. The lowest BCUT2D eigenvalue weighted by molar-refractivity contribution is 0.0927. The van der Waals surface area contributed by atoms with E-state index >= 15 is 0 Å². The summed E-state index contributed by atoms with van der Waals surface area (Å²) in [5.41, 5.74) is 9.83. The van der Waals surface area contributed by atoms with E-state index in [1.54, 1.807) is 24.3 Å². The van der Waals surface area contributed by atoms with Crippen LogP contribution in [0.15, 0.2) is 59.2 Å². The molecule has 0 fully saturated rings. The van der Waals surface area contributed by atoms with Crippen LogP contribution in [0.5, 0.6) is 5.75 Å². The van der Waals surface area contributed by atoms with E-state index in [1.165, 1.54) is 17.4 Å². The molecule has 1 aliphatic rings. The zero-order valence-corrected chi connectivity index (χ0v) is 15.5. The molecule has 2 unspecified atom stereocenters. The Hall–Kier alpha value is -3.12. The molecule has 28 heavy (non-hydrogen) atoms. The van der Waals surface area contributed by atoms with E-state index < -0.39 is 6.04 Å². The number of amides is 1. The third-order valence-electron chi connectivity index (χ3n) is 5.14. The molecule has 2 atom stereocenters. The van der Waals surface area contributed by atoms with Crippen LogP contribution in [0.4, 0.5) is 0 Å². The zero-order valence-electron chi connectivity index (χ0n) is 15.5. The van der Waals surface area contributed by atoms with Gasteiger partial charge in [0.1, 0.15) is 12.0 Å². The highest BCUT2D eigenvalue weighted by Gasteiger charge is 2.24. The summed E-state index contributed by atoms with van der Waals surface area (Å²) in [5.74, 6) is 0.271. The number of aromatic hydroxyl groups is 1.